The summed E-state index contributed by atoms with van der Waals surface area (Å²) in [5, 5.41) is 10.7. The number of anilines is 2. The van der Waals surface area contributed by atoms with Crippen molar-refractivity contribution >= 4 is 33.3 Å². The summed E-state index contributed by atoms with van der Waals surface area (Å²) in [6.07, 6.45) is 5.27. The van der Waals surface area contributed by atoms with Crippen LogP contribution < -0.4 is 15.4 Å². The van der Waals surface area contributed by atoms with Crippen molar-refractivity contribution in [2.24, 2.45) is 0 Å². The third-order valence-electron chi connectivity index (χ3n) is 5.97. The maximum Gasteiger partial charge on any atom is 0.261 e. The zero-order valence-corrected chi connectivity index (χ0v) is 17.0. The molecule has 29 heavy (non-hydrogen) atoms. The lowest BCUT2D eigenvalue weighted by Gasteiger charge is -2.35. The number of hydrogen-bond acceptors (Lipinski definition) is 8. The van der Waals surface area contributed by atoms with Crippen molar-refractivity contribution in [3.63, 3.8) is 0 Å². The van der Waals surface area contributed by atoms with Gasteiger partial charge in [0.15, 0.2) is 0 Å². The summed E-state index contributed by atoms with van der Waals surface area (Å²) in [6.45, 7) is 3.79. The molecule has 3 aromatic rings. The van der Waals surface area contributed by atoms with E-state index >= 15 is 0 Å². The maximum atomic E-state index is 12.5. The van der Waals surface area contributed by atoms with Crippen LogP contribution in [0.4, 0.5) is 10.8 Å². The van der Waals surface area contributed by atoms with E-state index < -0.39 is 0 Å². The average molecular weight is 413 g/mol. The fourth-order valence-corrected chi connectivity index (χ4v) is 4.75. The van der Waals surface area contributed by atoms with Crippen LogP contribution in [0.3, 0.4) is 0 Å². The molecule has 1 aliphatic heterocycles. The Hall–Kier alpha value is -2.52. The van der Waals surface area contributed by atoms with Crippen LogP contribution in [0.5, 0.6) is 0 Å². The standard InChI is InChI=1S/C20H24N6O2S/c27-11-10-26-13-21-17-12-15(4-5-16(17)19(26)28)24-6-8-25(9-7-24)20-22-18(23-29-20)14-2-1-3-14/h4-5,12-14,27H,1-3,6-11H2. The zero-order valence-electron chi connectivity index (χ0n) is 16.2. The molecule has 0 atom stereocenters. The molecule has 0 spiro atoms. The van der Waals surface area contributed by atoms with Gasteiger partial charge in [0.05, 0.1) is 30.4 Å². The van der Waals surface area contributed by atoms with Crippen molar-refractivity contribution in [2.75, 3.05) is 42.6 Å². The van der Waals surface area contributed by atoms with Gasteiger partial charge in [-0.05, 0) is 31.0 Å². The topological polar surface area (TPSA) is 87.4 Å². The van der Waals surface area contributed by atoms with E-state index in [9.17, 15) is 4.79 Å². The minimum absolute atomic E-state index is 0.0772. The minimum Gasteiger partial charge on any atom is -0.395 e. The van der Waals surface area contributed by atoms with E-state index in [2.05, 4.69) is 19.2 Å². The van der Waals surface area contributed by atoms with E-state index in [4.69, 9.17) is 10.1 Å². The normalized spacial score (nSPS) is 17.7. The van der Waals surface area contributed by atoms with Gasteiger partial charge >= 0.3 is 0 Å². The largest absolute Gasteiger partial charge is 0.395 e. The molecule has 2 aromatic heterocycles. The third kappa shape index (κ3) is 3.49. The molecule has 5 rings (SSSR count). The SMILES string of the molecule is O=c1c2ccc(N3CCN(c4nc(C5CCC5)ns4)CC3)cc2ncn1CCO. The number of aromatic nitrogens is 4. The molecule has 3 heterocycles. The molecule has 9 heteroatoms. The van der Waals surface area contributed by atoms with Gasteiger partial charge in [0, 0.05) is 49.3 Å². The number of aliphatic hydroxyl groups is 1. The number of piperazine rings is 1. The van der Waals surface area contributed by atoms with Crippen LogP contribution in [0, 0.1) is 0 Å². The summed E-state index contributed by atoms with van der Waals surface area (Å²) in [4.78, 5) is 26.3. The average Bonchev–Trinajstić information content (AvgIpc) is 3.18. The summed E-state index contributed by atoms with van der Waals surface area (Å²) in [5.74, 6) is 1.61. The van der Waals surface area contributed by atoms with Gasteiger partial charge in [-0.1, -0.05) is 6.42 Å². The van der Waals surface area contributed by atoms with Gasteiger partial charge in [-0.15, -0.1) is 0 Å². The molecule has 1 saturated heterocycles. The number of rotatable bonds is 5. The Morgan fingerprint density at radius 3 is 2.66 bits per heavy atom. The predicted octanol–water partition coefficient (Wildman–Crippen LogP) is 1.83. The summed E-state index contributed by atoms with van der Waals surface area (Å²) in [6, 6.07) is 5.81. The number of hydrogen-bond donors (Lipinski definition) is 1. The Morgan fingerprint density at radius 2 is 1.93 bits per heavy atom. The minimum atomic E-state index is -0.112. The maximum absolute atomic E-state index is 12.5. The second-order valence-electron chi connectivity index (χ2n) is 7.71. The second kappa shape index (κ2) is 7.72. The first kappa shape index (κ1) is 18.5. The van der Waals surface area contributed by atoms with Crippen LogP contribution in [0.25, 0.3) is 10.9 Å². The Morgan fingerprint density at radius 1 is 1.14 bits per heavy atom. The molecule has 1 aliphatic carbocycles. The molecular weight excluding hydrogens is 388 g/mol. The summed E-state index contributed by atoms with van der Waals surface area (Å²) in [5.41, 5.74) is 1.66. The zero-order chi connectivity index (χ0) is 19.8. The molecule has 0 bridgehead atoms. The van der Waals surface area contributed by atoms with Gasteiger partial charge in [0.1, 0.15) is 5.82 Å². The smallest absolute Gasteiger partial charge is 0.261 e. The molecule has 0 amide bonds. The highest BCUT2D eigenvalue weighted by Gasteiger charge is 2.26. The fraction of sp³-hybridized carbons (Fsp3) is 0.500. The van der Waals surface area contributed by atoms with Crippen molar-refractivity contribution in [3.05, 3.63) is 40.7 Å². The molecular formula is C20H24N6O2S. The predicted molar refractivity (Wildman–Crippen MR) is 114 cm³/mol. The number of fused-ring (bicyclic) bond motifs is 1. The molecule has 152 valence electrons. The molecule has 1 saturated carbocycles. The van der Waals surface area contributed by atoms with Gasteiger partial charge in [0.2, 0.25) is 5.13 Å². The van der Waals surface area contributed by atoms with Crippen LogP contribution in [0.2, 0.25) is 0 Å². The van der Waals surface area contributed by atoms with Crippen molar-refractivity contribution in [1.29, 1.82) is 0 Å². The molecule has 2 fully saturated rings. The molecule has 0 radical (unpaired) electrons. The highest BCUT2D eigenvalue weighted by atomic mass is 32.1. The van der Waals surface area contributed by atoms with Crippen molar-refractivity contribution in [2.45, 2.75) is 31.7 Å². The first-order valence-corrected chi connectivity index (χ1v) is 10.9. The molecule has 0 unspecified atom stereocenters. The lowest BCUT2D eigenvalue weighted by Crippen LogP contribution is -2.46. The van der Waals surface area contributed by atoms with Gasteiger partial charge in [0.25, 0.3) is 5.56 Å². The Bertz CT molecular complexity index is 1070. The van der Waals surface area contributed by atoms with Gasteiger partial charge in [-0.3, -0.25) is 9.36 Å². The highest BCUT2D eigenvalue weighted by molar-refractivity contribution is 7.09. The molecule has 2 aliphatic rings. The number of nitrogens with zero attached hydrogens (tertiary/aromatic N) is 6. The Labute approximate surface area is 172 Å². The van der Waals surface area contributed by atoms with E-state index in [1.54, 1.807) is 0 Å². The van der Waals surface area contributed by atoms with E-state index in [1.165, 1.54) is 41.7 Å². The first-order valence-electron chi connectivity index (χ1n) is 10.2. The van der Waals surface area contributed by atoms with Crippen LogP contribution in [0.1, 0.15) is 31.0 Å². The molecule has 1 aromatic carbocycles. The monoisotopic (exact) mass is 412 g/mol. The van der Waals surface area contributed by atoms with Gasteiger partial charge in [-0.25, -0.2) is 9.97 Å². The quantitative estimate of drug-likeness (QED) is 0.684. The lowest BCUT2D eigenvalue weighted by atomic mass is 9.85. The molecule has 1 N–H and O–H groups in total. The lowest BCUT2D eigenvalue weighted by molar-refractivity contribution is 0.274. The van der Waals surface area contributed by atoms with E-state index in [1.807, 2.05) is 18.2 Å². The Kier molecular flexibility index (Phi) is 4.92. The van der Waals surface area contributed by atoms with Crippen molar-refractivity contribution in [3.8, 4) is 0 Å². The van der Waals surface area contributed by atoms with Crippen LogP contribution in [-0.4, -0.2) is 56.8 Å². The van der Waals surface area contributed by atoms with E-state index in [-0.39, 0.29) is 18.7 Å². The summed E-state index contributed by atoms with van der Waals surface area (Å²) in [7, 11) is 0. The van der Waals surface area contributed by atoms with Gasteiger partial charge in [-0.2, -0.15) is 4.37 Å². The first-order chi connectivity index (χ1) is 14.2. The number of benzene rings is 1. The highest BCUT2D eigenvalue weighted by Crippen LogP contribution is 2.36. The van der Waals surface area contributed by atoms with Crippen LogP contribution in [-0.2, 0) is 6.54 Å². The number of aliphatic hydroxyl groups excluding tert-OH is 1. The van der Waals surface area contributed by atoms with Gasteiger partial charge < -0.3 is 14.9 Å². The fourth-order valence-electron chi connectivity index (χ4n) is 3.95. The second-order valence-corrected chi connectivity index (χ2v) is 8.44. The van der Waals surface area contributed by atoms with Crippen LogP contribution in [0.15, 0.2) is 29.3 Å². The Balaban J connectivity index is 1.29. The van der Waals surface area contributed by atoms with Crippen molar-refractivity contribution in [1.82, 2.24) is 18.9 Å². The summed E-state index contributed by atoms with van der Waals surface area (Å²) >= 11 is 1.52. The van der Waals surface area contributed by atoms with Crippen molar-refractivity contribution < 1.29 is 5.11 Å². The molecule has 8 nitrogen and oxygen atoms in total. The summed E-state index contributed by atoms with van der Waals surface area (Å²) < 4.78 is 6.02. The third-order valence-corrected chi connectivity index (χ3v) is 6.76. The van der Waals surface area contributed by atoms with E-state index in [0.29, 0.717) is 16.8 Å². The van der Waals surface area contributed by atoms with E-state index in [0.717, 1.165) is 42.8 Å². The van der Waals surface area contributed by atoms with Crippen LogP contribution >= 0.6 is 11.5 Å².